The van der Waals surface area contributed by atoms with Crippen molar-refractivity contribution in [2.45, 2.75) is 13.5 Å². The van der Waals surface area contributed by atoms with Crippen LogP contribution in [-0.4, -0.2) is 12.5 Å². The van der Waals surface area contributed by atoms with Gasteiger partial charge in [0.25, 0.3) is 5.91 Å². The molecule has 2 aromatic rings. The molecular weight excluding hydrogens is 350 g/mol. The van der Waals surface area contributed by atoms with Crippen molar-refractivity contribution in [1.29, 1.82) is 5.26 Å². The lowest BCUT2D eigenvalue weighted by atomic mass is 10.1. The number of nitrogens with zero attached hydrogens (tertiary/aromatic N) is 1. The minimum atomic E-state index is -3.01. The zero-order chi connectivity index (χ0) is 18.4. The second-order valence-corrected chi connectivity index (χ2v) is 5.36. The highest BCUT2D eigenvalue weighted by molar-refractivity contribution is 6.31. The van der Waals surface area contributed by atoms with Gasteiger partial charge in [0, 0.05) is 16.3 Å². The Hall–Kier alpha value is -2.91. The fraction of sp³-hybridized carbons (Fsp3) is 0.111. The standard InChI is InChI=1S/C18H13ClF2N2O2/c1-11-14(19)6-4-7-15(11)23-17(24)13(10-22)9-12-5-2-3-8-16(12)25-18(20)21/h2-9,18H,1H3,(H,23,24)/b13-9+. The molecule has 0 fully saturated rings. The average molecular weight is 363 g/mol. The molecule has 0 atom stereocenters. The van der Waals surface area contributed by atoms with Gasteiger partial charge in [-0.3, -0.25) is 4.79 Å². The molecule has 0 aliphatic heterocycles. The molecule has 0 unspecified atom stereocenters. The van der Waals surface area contributed by atoms with Crippen molar-refractivity contribution in [2.75, 3.05) is 5.32 Å². The first-order valence-electron chi connectivity index (χ1n) is 7.14. The maximum Gasteiger partial charge on any atom is 0.387 e. The number of benzene rings is 2. The Labute approximate surface area is 148 Å². The summed E-state index contributed by atoms with van der Waals surface area (Å²) in [4.78, 5) is 12.3. The van der Waals surface area contributed by atoms with Gasteiger partial charge in [-0.25, -0.2) is 0 Å². The van der Waals surface area contributed by atoms with Crippen molar-refractivity contribution in [3.05, 3.63) is 64.2 Å². The predicted molar refractivity (Wildman–Crippen MR) is 91.5 cm³/mol. The van der Waals surface area contributed by atoms with E-state index in [0.717, 1.165) is 0 Å². The fourth-order valence-corrected chi connectivity index (χ4v) is 2.21. The van der Waals surface area contributed by atoms with E-state index in [9.17, 15) is 18.8 Å². The Bertz CT molecular complexity index is 860. The first-order chi connectivity index (χ1) is 11.9. The predicted octanol–water partition coefficient (Wildman–Crippen LogP) is 4.80. The summed E-state index contributed by atoms with van der Waals surface area (Å²) in [6, 6.07) is 12.6. The molecule has 2 aromatic carbocycles. The number of nitrogens with one attached hydrogen (secondary N) is 1. The molecule has 0 heterocycles. The number of carbonyl (C=O) groups is 1. The van der Waals surface area contributed by atoms with E-state index in [-0.39, 0.29) is 16.9 Å². The molecule has 0 aliphatic carbocycles. The molecule has 1 amide bonds. The Morgan fingerprint density at radius 2 is 2.00 bits per heavy atom. The summed E-state index contributed by atoms with van der Waals surface area (Å²) in [5.41, 5.74) is 1.04. The number of para-hydroxylation sites is 1. The van der Waals surface area contributed by atoms with Crippen LogP contribution in [-0.2, 0) is 4.79 Å². The molecule has 25 heavy (non-hydrogen) atoms. The molecule has 0 saturated heterocycles. The third-order valence-electron chi connectivity index (χ3n) is 3.32. The first kappa shape index (κ1) is 18.4. The lowest BCUT2D eigenvalue weighted by Gasteiger charge is -2.10. The molecule has 0 spiro atoms. The van der Waals surface area contributed by atoms with Crippen LogP contribution in [0.4, 0.5) is 14.5 Å². The van der Waals surface area contributed by atoms with Crippen molar-refractivity contribution in [3.8, 4) is 11.8 Å². The average Bonchev–Trinajstić information content (AvgIpc) is 2.57. The normalized spacial score (nSPS) is 11.1. The molecule has 0 aromatic heterocycles. The monoisotopic (exact) mass is 362 g/mol. The number of amides is 1. The van der Waals surface area contributed by atoms with Gasteiger partial charge >= 0.3 is 6.61 Å². The zero-order valence-electron chi connectivity index (χ0n) is 13.1. The number of rotatable bonds is 5. The summed E-state index contributed by atoms with van der Waals surface area (Å²) in [7, 11) is 0. The van der Waals surface area contributed by atoms with Crippen LogP contribution in [0.15, 0.2) is 48.0 Å². The van der Waals surface area contributed by atoms with Gasteiger partial charge in [-0.2, -0.15) is 14.0 Å². The van der Waals surface area contributed by atoms with Gasteiger partial charge in [0.15, 0.2) is 0 Å². The van der Waals surface area contributed by atoms with Crippen molar-refractivity contribution in [3.63, 3.8) is 0 Å². The summed E-state index contributed by atoms with van der Waals surface area (Å²) < 4.78 is 29.3. The fourth-order valence-electron chi connectivity index (χ4n) is 2.04. The number of anilines is 1. The van der Waals surface area contributed by atoms with E-state index in [0.29, 0.717) is 16.3 Å². The Balaban J connectivity index is 2.30. The molecule has 1 N–H and O–H groups in total. The molecule has 0 aliphatic rings. The summed E-state index contributed by atoms with van der Waals surface area (Å²) in [6.45, 7) is -1.29. The van der Waals surface area contributed by atoms with Gasteiger partial charge in [-0.1, -0.05) is 35.9 Å². The van der Waals surface area contributed by atoms with Gasteiger partial charge in [-0.15, -0.1) is 0 Å². The number of alkyl halides is 2. The van der Waals surface area contributed by atoms with E-state index < -0.39 is 12.5 Å². The summed E-state index contributed by atoms with van der Waals surface area (Å²) in [5.74, 6) is -0.809. The Morgan fingerprint density at radius 3 is 2.68 bits per heavy atom. The van der Waals surface area contributed by atoms with Crippen molar-refractivity contribution in [1.82, 2.24) is 0 Å². The van der Waals surface area contributed by atoms with Gasteiger partial charge in [0.05, 0.1) is 0 Å². The van der Waals surface area contributed by atoms with Crippen molar-refractivity contribution in [2.24, 2.45) is 0 Å². The molecule has 7 heteroatoms. The maximum absolute atomic E-state index is 12.4. The zero-order valence-corrected chi connectivity index (χ0v) is 13.8. The van der Waals surface area contributed by atoms with E-state index in [1.807, 2.05) is 0 Å². The van der Waals surface area contributed by atoms with Crippen LogP contribution in [0.1, 0.15) is 11.1 Å². The van der Waals surface area contributed by atoms with E-state index >= 15 is 0 Å². The third-order valence-corrected chi connectivity index (χ3v) is 3.73. The number of ether oxygens (including phenoxy) is 1. The number of halogens is 3. The smallest absolute Gasteiger partial charge is 0.387 e. The second-order valence-electron chi connectivity index (χ2n) is 4.95. The molecular formula is C18H13ClF2N2O2. The number of hydrogen-bond acceptors (Lipinski definition) is 3. The third kappa shape index (κ3) is 4.78. The lowest BCUT2D eigenvalue weighted by molar-refractivity contribution is -0.112. The van der Waals surface area contributed by atoms with Crippen LogP contribution in [0.25, 0.3) is 6.08 Å². The second kappa shape index (κ2) is 8.27. The van der Waals surface area contributed by atoms with E-state index in [1.165, 1.54) is 24.3 Å². The quantitative estimate of drug-likeness (QED) is 0.614. The van der Waals surface area contributed by atoms with E-state index in [1.54, 1.807) is 37.3 Å². The highest BCUT2D eigenvalue weighted by Crippen LogP contribution is 2.25. The Morgan fingerprint density at radius 1 is 1.28 bits per heavy atom. The first-order valence-corrected chi connectivity index (χ1v) is 7.52. The number of hydrogen-bond donors (Lipinski definition) is 1. The van der Waals surface area contributed by atoms with E-state index in [4.69, 9.17) is 11.6 Å². The molecule has 4 nitrogen and oxygen atoms in total. The molecule has 0 bridgehead atoms. The lowest BCUT2D eigenvalue weighted by Crippen LogP contribution is -2.14. The summed E-state index contributed by atoms with van der Waals surface area (Å²) in [6.07, 6.45) is 1.19. The van der Waals surface area contributed by atoms with Crippen LogP contribution < -0.4 is 10.1 Å². The molecule has 0 saturated carbocycles. The van der Waals surface area contributed by atoms with Crippen LogP contribution in [0.3, 0.4) is 0 Å². The minimum absolute atomic E-state index is 0.128. The summed E-state index contributed by atoms with van der Waals surface area (Å²) in [5, 5.41) is 12.3. The maximum atomic E-state index is 12.4. The van der Waals surface area contributed by atoms with Gasteiger partial charge in [-0.05, 0) is 36.8 Å². The number of carbonyl (C=O) groups excluding carboxylic acids is 1. The van der Waals surface area contributed by atoms with Gasteiger partial charge in [0.2, 0.25) is 0 Å². The van der Waals surface area contributed by atoms with Gasteiger partial charge < -0.3 is 10.1 Å². The number of nitriles is 1. The highest BCUT2D eigenvalue weighted by Gasteiger charge is 2.14. The van der Waals surface area contributed by atoms with E-state index in [2.05, 4.69) is 10.1 Å². The van der Waals surface area contributed by atoms with Crippen LogP contribution in [0.2, 0.25) is 5.02 Å². The largest absolute Gasteiger partial charge is 0.434 e. The topological polar surface area (TPSA) is 62.1 Å². The van der Waals surface area contributed by atoms with Crippen LogP contribution in [0, 0.1) is 18.3 Å². The molecule has 2 rings (SSSR count). The van der Waals surface area contributed by atoms with Crippen molar-refractivity contribution < 1.29 is 18.3 Å². The Kier molecular flexibility index (Phi) is 6.09. The minimum Gasteiger partial charge on any atom is -0.434 e. The van der Waals surface area contributed by atoms with Crippen LogP contribution >= 0.6 is 11.6 Å². The summed E-state index contributed by atoms with van der Waals surface area (Å²) >= 11 is 5.99. The van der Waals surface area contributed by atoms with Gasteiger partial charge in [0.1, 0.15) is 17.4 Å². The molecule has 128 valence electrons. The van der Waals surface area contributed by atoms with Crippen molar-refractivity contribution >= 4 is 29.3 Å². The SMILES string of the molecule is Cc1c(Cl)cccc1NC(=O)/C(C#N)=C/c1ccccc1OC(F)F. The molecule has 0 radical (unpaired) electrons. The van der Waals surface area contributed by atoms with Crippen LogP contribution in [0.5, 0.6) is 5.75 Å². The highest BCUT2D eigenvalue weighted by atomic mass is 35.5.